The first-order chi connectivity index (χ1) is 7.76. The average molecular weight is 237 g/mol. The lowest BCUT2D eigenvalue weighted by Crippen LogP contribution is -2.46. The van der Waals surface area contributed by atoms with Gasteiger partial charge in [-0.25, -0.2) is 0 Å². The highest BCUT2D eigenvalue weighted by Gasteiger charge is 2.39. The Morgan fingerprint density at radius 1 is 0.882 bits per heavy atom. The summed E-state index contributed by atoms with van der Waals surface area (Å²) in [4.78, 5) is 0. The molecule has 2 rings (SSSR count). The van der Waals surface area contributed by atoms with Crippen molar-refractivity contribution < 1.29 is 0 Å². The van der Waals surface area contributed by atoms with E-state index in [0.29, 0.717) is 10.8 Å². The van der Waals surface area contributed by atoms with Gasteiger partial charge in [0.15, 0.2) is 0 Å². The Labute approximate surface area is 108 Å². The third-order valence-electron chi connectivity index (χ3n) is 4.72. The fraction of sp³-hybridized carbons (Fsp3) is 1.00. The third kappa shape index (κ3) is 3.71. The molecule has 0 bridgehead atoms. The molecule has 0 spiro atoms. The standard InChI is InChI=1S/C16H31N/c1-12-6-7-13(8-12)17-14-9-15(2,3)11-16(4,5)10-14/h12-14,17H,6-11H2,1-5H3. The Balaban J connectivity index is 1.92. The van der Waals surface area contributed by atoms with E-state index in [4.69, 9.17) is 0 Å². The van der Waals surface area contributed by atoms with Crippen molar-refractivity contribution in [3.05, 3.63) is 0 Å². The normalized spacial score (nSPS) is 37.2. The lowest BCUT2D eigenvalue weighted by molar-refractivity contribution is 0.0803. The first kappa shape index (κ1) is 13.4. The van der Waals surface area contributed by atoms with Gasteiger partial charge in [0, 0.05) is 12.1 Å². The molecule has 1 N–H and O–H groups in total. The fourth-order valence-corrected chi connectivity index (χ4v) is 4.66. The molecule has 1 nitrogen and oxygen atoms in total. The van der Waals surface area contributed by atoms with Gasteiger partial charge in [-0.15, -0.1) is 0 Å². The number of rotatable bonds is 2. The molecule has 0 saturated heterocycles. The van der Waals surface area contributed by atoms with E-state index in [1.165, 1.54) is 38.5 Å². The maximum atomic E-state index is 3.96. The van der Waals surface area contributed by atoms with Gasteiger partial charge >= 0.3 is 0 Å². The van der Waals surface area contributed by atoms with Crippen LogP contribution in [0.3, 0.4) is 0 Å². The van der Waals surface area contributed by atoms with E-state index in [1.807, 2.05) is 0 Å². The Morgan fingerprint density at radius 3 is 1.94 bits per heavy atom. The average Bonchev–Trinajstić information content (AvgIpc) is 2.44. The second-order valence-corrected chi connectivity index (χ2v) is 8.39. The molecule has 1 heteroatoms. The van der Waals surface area contributed by atoms with Crippen molar-refractivity contribution in [2.45, 2.75) is 85.2 Å². The quantitative estimate of drug-likeness (QED) is 0.752. The molecule has 2 fully saturated rings. The highest BCUT2D eigenvalue weighted by atomic mass is 15.0. The molecule has 0 heterocycles. The van der Waals surface area contributed by atoms with E-state index in [0.717, 1.165) is 18.0 Å². The van der Waals surface area contributed by atoms with Crippen molar-refractivity contribution in [1.82, 2.24) is 5.32 Å². The number of nitrogens with one attached hydrogen (secondary N) is 1. The van der Waals surface area contributed by atoms with Crippen molar-refractivity contribution in [1.29, 1.82) is 0 Å². The molecule has 2 atom stereocenters. The van der Waals surface area contributed by atoms with Gasteiger partial charge in [0.2, 0.25) is 0 Å². The maximum Gasteiger partial charge on any atom is 0.00798 e. The predicted octanol–water partition coefficient (Wildman–Crippen LogP) is 4.37. The molecule has 2 aliphatic carbocycles. The largest absolute Gasteiger partial charge is 0.311 e. The molecule has 100 valence electrons. The second kappa shape index (κ2) is 4.57. The van der Waals surface area contributed by atoms with E-state index in [9.17, 15) is 0 Å². The van der Waals surface area contributed by atoms with E-state index in [-0.39, 0.29) is 0 Å². The van der Waals surface area contributed by atoms with Crippen LogP contribution in [-0.4, -0.2) is 12.1 Å². The molecule has 0 aliphatic heterocycles. The third-order valence-corrected chi connectivity index (χ3v) is 4.72. The molecule has 0 aromatic rings. The Hall–Kier alpha value is -0.0400. The van der Waals surface area contributed by atoms with Crippen LogP contribution in [-0.2, 0) is 0 Å². The Bertz CT molecular complexity index is 251. The SMILES string of the molecule is CC1CCC(NC2CC(C)(C)CC(C)(C)C2)C1. The van der Waals surface area contributed by atoms with Gasteiger partial charge in [0.05, 0.1) is 0 Å². The second-order valence-electron chi connectivity index (χ2n) is 8.39. The summed E-state index contributed by atoms with van der Waals surface area (Å²) in [6.07, 6.45) is 8.33. The molecule has 0 radical (unpaired) electrons. The van der Waals surface area contributed by atoms with Crippen molar-refractivity contribution >= 4 is 0 Å². The molecule has 2 unspecified atom stereocenters. The zero-order chi connectivity index (χ0) is 12.7. The van der Waals surface area contributed by atoms with Crippen LogP contribution in [0.1, 0.15) is 73.1 Å². The summed E-state index contributed by atoms with van der Waals surface area (Å²) < 4.78 is 0. The van der Waals surface area contributed by atoms with E-state index < -0.39 is 0 Å². The zero-order valence-corrected chi connectivity index (χ0v) is 12.5. The van der Waals surface area contributed by atoms with E-state index >= 15 is 0 Å². The van der Waals surface area contributed by atoms with Crippen molar-refractivity contribution in [2.24, 2.45) is 16.7 Å². The van der Waals surface area contributed by atoms with Crippen molar-refractivity contribution in [3.63, 3.8) is 0 Å². The zero-order valence-electron chi connectivity index (χ0n) is 12.5. The van der Waals surface area contributed by atoms with Gasteiger partial charge < -0.3 is 5.32 Å². The predicted molar refractivity (Wildman–Crippen MR) is 75.1 cm³/mol. The Kier molecular flexibility index (Phi) is 3.60. The topological polar surface area (TPSA) is 12.0 Å². The van der Waals surface area contributed by atoms with Gasteiger partial charge in [0.1, 0.15) is 0 Å². The molecule has 2 aliphatic rings. The minimum absolute atomic E-state index is 0.517. The fourth-order valence-electron chi connectivity index (χ4n) is 4.66. The summed E-state index contributed by atoms with van der Waals surface area (Å²) >= 11 is 0. The van der Waals surface area contributed by atoms with Crippen LogP contribution in [0.4, 0.5) is 0 Å². The summed E-state index contributed by atoms with van der Waals surface area (Å²) in [7, 11) is 0. The van der Waals surface area contributed by atoms with Crippen LogP contribution in [0.2, 0.25) is 0 Å². The first-order valence-corrected chi connectivity index (χ1v) is 7.52. The highest BCUT2D eigenvalue weighted by Crippen LogP contribution is 2.46. The summed E-state index contributed by atoms with van der Waals surface area (Å²) in [5, 5.41) is 3.96. The number of hydrogen-bond acceptors (Lipinski definition) is 1. The van der Waals surface area contributed by atoms with Crippen LogP contribution < -0.4 is 5.32 Å². The van der Waals surface area contributed by atoms with Gasteiger partial charge in [-0.05, 0) is 55.3 Å². The lowest BCUT2D eigenvalue weighted by Gasteiger charge is -2.46. The number of hydrogen-bond donors (Lipinski definition) is 1. The van der Waals surface area contributed by atoms with Gasteiger partial charge in [-0.3, -0.25) is 0 Å². The van der Waals surface area contributed by atoms with Crippen molar-refractivity contribution in [3.8, 4) is 0 Å². The minimum atomic E-state index is 0.517. The summed E-state index contributed by atoms with van der Waals surface area (Å²) in [6.45, 7) is 12.2. The molecule has 2 saturated carbocycles. The molecule has 0 aromatic heterocycles. The Morgan fingerprint density at radius 2 is 1.47 bits per heavy atom. The summed E-state index contributed by atoms with van der Waals surface area (Å²) in [5.41, 5.74) is 1.03. The highest BCUT2D eigenvalue weighted by molar-refractivity contribution is 4.94. The van der Waals surface area contributed by atoms with Crippen molar-refractivity contribution in [2.75, 3.05) is 0 Å². The van der Waals surface area contributed by atoms with E-state index in [1.54, 1.807) is 0 Å². The van der Waals surface area contributed by atoms with Gasteiger partial charge in [-0.2, -0.15) is 0 Å². The van der Waals surface area contributed by atoms with Crippen LogP contribution in [0.5, 0.6) is 0 Å². The van der Waals surface area contributed by atoms with Crippen LogP contribution >= 0.6 is 0 Å². The molecule has 0 amide bonds. The maximum absolute atomic E-state index is 3.96. The van der Waals surface area contributed by atoms with Gasteiger partial charge in [0.25, 0.3) is 0 Å². The molecular formula is C16H31N. The van der Waals surface area contributed by atoms with Crippen LogP contribution in [0.25, 0.3) is 0 Å². The summed E-state index contributed by atoms with van der Waals surface area (Å²) in [5.74, 6) is 0.942. The molecule has 17 heavy (non-hydrogen) atoms. The smallest absolute Gasteiger partial charge is 0.00798 e. The van der Waals surface area contributed by atoms with Crippen LogP contribution in [0, 0.1) is 16.7 Å². The lowest BCUT2D eigenvalue weighted by atomic mass is 9.63. The van der Waals surface area contributed by atoms with Crippen LogP contribution in [0.15, 0.2) is 0 Å². The molecule has 0 aromatic carbocycles. The first-order valence-electron chi connectivity index (χ1n) is 7.52. The summed E-state index contributed by atoms with van der Waals surface area (Å²) in [6, 6.07) is 1.56. The molecular weight excluding hydrogens is 206 g/mol. The van der Waals surface area contributed by atoms with Gasteiger partial charge in [-0.1, -0.05) is 34.6 Å². The monoisotopic (exact) mass is 237 g/mol. The van der Waals surface area contributed by atoms with E-state index in [2.05, 4.69) is 39.9 Å². The minimum Gasteiger partial charge on any atom is -0.311 e.